The second kappa shape index (κ2) is 10.6. The summed E-state index contributed by atoms with van der Waals surface area (Å²) in [6, 6.07) is 17.0. The van der Waals surface area contributed by atoms with Crippen LogP contribution in [0.4, 0.5) is 8.78 Å². The molecule has 0 bridgehead atoms. The first-order valence-corrected chi connectivity index (χ1v) is 12.6. The Morgan fingerprint density at radius 1 is 0.895 bits per heavy atom. The number of likely N-dealkylation sites (tertiary alicyclic amines) is 1. The van der Waals surface area contributed by atoms with Gasteiger partial charge in [0.15, 0.2) is 41.3 Å². The number of fused-ring (bicyclic) bond motifs is 1. The van der Waals surface area contributed by atoms with Gasteiger partial charge < -0.3 is 14.9 Å². The molecule has 38 heavy (non-hydrogen) atoms. The molecular formula is C30H29F2NO5. The standard InChI is InChI=1S/C30H29F2NO5/c31-24-10-21(6-8-26(24)34)28(36)18-38-29-9-7-20(11-25(29)32)27(35)17-33-15-22-13-30(37,14-23(22)16-33)12-19-4-2-1-3-5-19/h1-11,22-23,34,37H,12-18H2/t22-,23?,30?/m0/s1. The first kappa shape index (κ1) is 26.0. The SMILES string of the molecule is O=C(COc1ccc(C(=O)CN2CC3CC(O)(Cc4ccccc4)C[C@H]3C2)cc1F)c1ccc(O)c(F)c1. The molecule has 0 aromatic heterocycles. The van der Waals surface area contributed by atoms with E-state index in [0.29, 0.717) is 31.1 Å². The molecule has 2 aliphatic rings. The molecule has 1 saturated heterocycles. The molecular weight excluding hydrogens is 492 g/mol. The third-order valence-electron chi connectivity index (χ3n) is 7.56. The van der Waals surface area contributed by atoms with Gasteiger partial charge in [0, 0.05) is 30.6 Å². The van der Waals surface area contributed by atoms with Crippen LogP contribution in [0.15, 0.2) is 66.7 Å². The Labute approximate surface area is 219 Å². The number of aliphatic hydroxyl groups is 1. The number of phenolic OH excluding ortho intramolecular Hbond substituents is 1. The molecule has 1 saturated carbocycles. The zero-order chi connectivity index (χ0) is 26.9. The smallest absolute Gasteiger partial charge is 0.200 e. The second-order valence-corrected chi connectivity index (χ2v) is 10.5. The number of phenols is 1. The predicted octanol–water partition coefficient (Wildman–Crippen LogP) is 4.43. The maximum Gasteiger partial charge on any atom is 0.200 e. The van der Waals surface area contributed by atoms with Gasteiger partial charge in [-0.15, -0.1) is 0 Å². The fourth-order valence-electron chi connectivity index (χ4n) is 5.80. The maximum atomic E-state index is 14.6. The number of ketones is 2. The van der Waals surface area contributed by atoms with Gasteiger partial charge in [-0.25, -0.2) is 8.78 Å². The van der Waals surface area contributed by atoms with E-state index in [9.17, 15) is 28.6 Å². The van der Waals surface area contributed by atoms with Crippen molar-refractivity contribution in [3.8, 4) is 11.5 Å². The lowest BCUT2D eigenvalue weighted by atomic mass is 9.91. The minimum absolute atomic E-state index is 0.0126. The number of rotatable bonds is 9. The van der Waals surface area contributed by atoms with Gasteiger partial charge in [0.05, 0.1) is 12.1 Å². The minimum atomic E-state index is -0.936. The lowest BCUT2D eigenvalue weighted by Crippen LogP contribution is -2.34. The Morgan fingerprint density at radius 3 is 2.18 bits per heavy atom. The number of benzene rings is 3. The van der Waals surface area contributed by atoms with E-state index in [0.717, 1.165) is 36.9 Å². The second-order valence-electron chi connectivity index (χ2n) is 10.5. The summed E-state index contributed by atoms with van der Waals surface area (Å²) in [5.41, 5.74) is 0.597. The van der Waals surface area contributed by atoms with Gasteiger partial charge in [-0.3, -0.25) is 14.5 Å². The number of halogens is 2. The van der Waals surface area contributed by atoms with E-state index in [2.05, 4.69) is 4.90 Å². The normalized spacial score (nSPS) is 22.8. The molecule has 0 spiro atoms. The highest BCUT2D eigenvalue weighted by molar-refractivity contribution is 5.98. The quantitative estimate of drug-likeness (QED) is 0.405. The van der Waals surface area contributed by atoms with E-state index >= 15 is 0 Å². The van der Waals surface area contributed by atoms with Crippen LogP contribution < -0.4 is 4.74 Å². The van der Waals surface area contributed by atoms with Crippen molar-refractivity contribution in [2.24, 2.45) is 11.8 Å². The first-order chi connectivity index (χ1) is 18.2. The van der Waals surface area contributed by atoms with Crippen molar-refractivity contribution in [1.82, 2.24) is 4.90 Å². The van der Waals surface area contributed by atoms with Crippen LogP contribution in [0.25, 0.3) is 0 Å². The fraction of sp³-hybridized carbons (Fsp3) is 0.333. The van der Waals surface area contributed by atoms with Gasteiger partial charge in [0.2, 0.25) is 0 Å². The average molecular weight is 522 g/mol. The highest BCUT2D eigenvalue weighted by Crippen LogP contribution is 2.45. The Balaban J connectivity index is 1.12. The Morgan fingerprint density at radius 2 is 1.53 bits per heavy atom. The van der Waals surface area contributed by atoms with Crippen LogP contribution in [0.5, 0.6) is 11.5 Å². The van der Waals surface area contributed by atoms with Crippen LogP contribution in [0.3, 0.4) is 0 Å². The van der Waals surface area contributed by atoms with E-state index in [-0.39, 0.29) is 29.2 Å². The third-order valence-corrected chi connectivity index (χ3v) is 7.56. The number of nitrogens with zero attached hydrogens (tertiary/aromatic N) is 1. The van der Waals surface area contributed by atoms with Crippen molar-refractivity contribution in [2.45, 2.75) is 24.9 Å². The van der Waals surface area contributed by atoms with Crippen molar-refractivity contribution in [3.05, 3.63) is 95.1 Å². The van der Waals surface area contributed by atoms with Crippen molar-refractivity contribution < 1.29 is 33.3 Å². The Hall–Kier alpha value is -3.62. The van der Waals surface area contributed by atoms with E-state index in [4.69, 9.17) is 4.74 Å². The zero-order valence-corrected chi connectivity index (χ0v) is 20.8. The van der Waals surface area contributed by atoms with E-state index in [1.807, 2.05) is 30.3 Å². The molecule has 1 heterocycles. The van der Waals surface area contributed by atoms with Gasteiger partial charge in [0.25, 0.3) is 0 Å². The monoisotopic (exact) mass is 521 g/mol. The lowest BCUT2D eigenvalue weighted by molar-refractivity contribution is 0.0355. The number of carbonyl (C=O) groups excluding carboxylic acids is 2. The molecule has 3 aromatic carbocycles. The molecule has 3 atom stereocenters. The molecule has 6 nitrogen and oxygen atoms in total. The summed E-state index contributed by atoms with van der Waals surface area (Å²) in [5.74, 6) is -2.63. The van der Waals surface area contributed by atoms with Crippen molar-refractivity contribution in [2.75, 3.05) is 26.2 Å². The molecule has 2 N–H and O–H groups in total. The number of Topliss-reactive ketones (excluding diaryl/α,β-unsaturated/α-hetero) is 2. The highest BCUT2D eigenvalue weighted by Gasteiger charge is 2.48. The van der Waals surface area contributed by atoms with E-state index < -0.39 is 35.4 Å². The Bertz CT molecular complexity index is 1330. The summed E-state index contributed by atoms with van der Waals surface area (Å²) < 4.78 is 33.3. The van der Waals surface area contributed by atoms with Crippen molar-refractivity contribution in [3.63, 3.8) is 0 Å². The molecule has 0 radical (unpaired) electrons. The summed E-state index contributed by atoms with van der Waals surface area (Å²) in [6.45, 7) is 1.07. The van der Waals surface area contributed by atoms with Gasteiger partial charge in [-0.1, -0.05) is 30.3 Å². The predicted molar refractivity (Wildman–Crippen MR) is 136 cm³/mol. The highest BCUT2D eigenvalue weighted by atomic mass is 19.1. The van der Waals surface area contributed by atoms with Crippen molar-refractivity contribution >= 4 is 11.6 Å². The molecule has 0 amide bonds. The number of hydrogen-bond donors (Lipinski definition) is 2. The molecule has 1 aliphatic heterocycles. The van der Waals surface area contributed by atoms with Gasteiger partial charge in [0.1, 0.15) is 0 Å². The molecule has 2 fully saturated rings. The molecule has 198 valence electrons. The first-order valence-electron chi connectivity index (χ1n) is 12.6. The Kier molecular flexibility index (Phi) is 7.27. The third kappa shape index (κ3) is 5.76. The van der Waals surface area contributed by atoms with Gasteiger partial charge >= 0.3 is 0 Å². The fourth-order valence-corrected chi connectivity index (χ4v) is 5.80. The van der Waals surface area contributed by atoms with E-state index in [1.165, 1.54) is 18.2 Å². The number of hydrogen-bond acceptors (Lipinski definition) is 6. The van der Waals surface area contributed by atoms with Gasteiger partial charge in [-0.2, -0.15) is 0 Å². The zero-order valence-electron chi connectivity index (χ0n) is 20.8. The van der Waals surface area contributed by atoms with E-state index in [1.54, 1.807) is 0 Å². The van der Waals surface area contributed by atoms with Crippen molar-refractivity contribution in [1.29, 1.82) is 0 Å². The number of carbonyl (C=O) groups is 2. The summed E-state index contributed by atoms with van der Waals surface area (Å²) in [5, 5.41) is 20.4. The summed E-state index contributed by atoms with van der Waals surface area (Å²) >= 11 is 0. The summed E-state index contributed by atoms with van der Waals surface area (Å²) in [7, 11) is 0. The van der Waals surface area contributed by atoms with Crippen LogP contribution >= 0.6 is 0 Å². The largest absolute Gasteiger partial charge is 0.505 e. The van der Waals surface area contributed by atoms with Crippen LogP contribution in [0.1, 0.15) is 39.1 Å². The van der Waals surface area contributed by atoms with Crippen LogP contribution in [-0.2, 0) is 6.42 Å². The summed E-state index contributed by atoms with van der Waals surface area (Å²) in [4.78, 5) is 27.1. The molecule has 5 rings (SSSR count). The molecule has 1 aliphatic carbocycles. The average Bonchev–Trinajstić information content (AvgIpc) is 3.38. The molecule has 2 unspecified atom stereocenters. The minimum Gasteiger partial charge on any atom is -0.505 e. The van der Waals surface area contributed by atoms with Crippen LogP contribution in [0.2, 0.25) is 0 Å². The number of ether oxygens (including phenoxy) is 1. The van der Waals surface area contributed by atoms with Gasteiger partial charge in [-0.05, 0) is 66.6 Å². The van der Waals surface area contributed by atoms with Crippen LogP contribution in [-0.4, -0.2) is 58.5 Å². The summed E-state index contributed by atoms with van der Waals surface area (Å²) in [6.07, 6.45) is 2.03. The van der Waals surface area contributed by atoms with Crippen LogP contribution in [0, 0.1) is 23.5 Å². The topological polar surface area (TPSA) is 87.1 Å². The number of aromatic hydroxyl groups is 1. The molecule has 3 aromatic rings. The maximum absolute atomic E-state index is 14.6. The lowest BCUT2D eigenvalue weighted by Gasteiger charge is -2.26. The molecule has 8 heteroatoms.